The molecule has 0 aliphatic carbocycles. The Morgan fingerprint density at radius 1 is 1.26 bits per heavy atom. The first-order chi connectivity index (χ1) is 8.62. The standard InChI is InChI=1S/C13H16F3NO2/c1-7(2)8(3)19-12(18)10-6-9(13(14,15)16)4-5-11(10)17/h4-8H,17H2,1-3H3. The summed E-state index contributed by atoms with van der Waals surface area (Å²) >= 11 is 0. The lowest BCUT2D eigenvalue weighted by atomic mass is 10.1. The Kier molecular flexibility index (Phi) is 4.44. The largest absolute Gasteiger partial charge is 0.459 e. The van der Waals surface area contributed by atoms with Gasteiger partial charge in [-0.15, -0.1) is 0 Å². The smallest absolute Gasteiger partial charge is 0.416 e. The molecule has 1 rings (SSSR count). The highest BCUT2D eigenvalue weighted by Crippen LogP contribution is 2.31. The number of hydrogen-bond acceptors (Lipinski definition) is 3. The van der Waals surface area contributed by atoms with E-state index in [1.165, 1.54) is 0 Å². The van der Waals surface area contributed by atoms with Gasteiger partial charge in [0.1, 0.15) is 6.10 Å². The number of carbonyl (C=O) groups excluding carboxylic acids is 1. The summed E-state index contributed by atoms with van der Waals surface area (Å²) in [4.78, 5) is 11.8. The highest BCUT2D eigenvalue weighted by molar-refractivity contribution is 5.95. The van der Waals surface area contributed by atoms with Gasteiger partial charge in [-0.3, -0.25) is 0 Å². The van der Waals surface area contributed by atoms with Crippen molar-refractivity contribution in [3.05, 3.63) is 29.3 Å². The van der Waals surface area contributed by atoms with Crippen molar-refractivity contribution < 1.29 is 22.7 Å². The van der Waals surface area contributed by atoms with Crippen molar-refractivity contribution in [2.24, 2.45) is 5.92 Å². The van der Waals surface area contributed by atoms with Crippen LogP contribution in [0.2, 0.25) is 0 Å². The Morgan fingerprint density at radius 3 is 2.32 bits per heavy atom. The third-order valence-corrected chi connectivity index (χ3v) is 2.83. The highest BCUT2D eigenvalue weighted by Gasteiger charge is 2.32. The molecule has 1 unspecified atom stereocenters. The van der Waals surface area contributed by atoms with Crippen molar-refractivity contribution >= 4 is 11.7 Å². The van der Waals surface area contributed by atoms with Crippen LogP contribution in [0.5, 0.6) is 0 Å². The van der Waals surface area contributed by atoms with Crippen LogP contribution in [0.25, 0.3) is 0 Å². The summed E-state index contributed by atoms with van der Waals surface area (Å²) < 4.78 is 42.7. The number of hydrogen-bond donors (Lipinski definition) is 1. The van der Waals surface area contributed by atoms with Gasteiger partial charge in [-0.1, -0.05) is 13.8 Å². The molecule has 6 heteroatoms. The first kappa shape index (κ1) is 15.3. The molecule has 106 valence electrons. The molecule has 1 aromatic rings. The zero-order valence-corrected chi connectivity index (χ0v) is 10.9. The van der Waals surface area contributed by atoms with Gasteiger partial charge in [0, 0.05) is 5.69 Å². The molecule has 19 heavy (non-hydrogen) atoms. The van der Waals surface area contributed by atoms with Crippen LogP contribution in [-0.4, -0.2) is 12.1 Å². The number of benzene rings is 1. The topological polar surface area (TPSA) is 52.3 Å². The van der Waals surface area contributed by atoms with Crippen LogP contribution < -0.4 is 5.73 Å². The zero-order valence-electron chi connectivity index (χ0n) is 10.9. The van der Waals surface area contributed by atoms with Gasteiger partial charge >= 0.3 is 12.1 Å². The van der Waals surface area contributed by atoms with Crippen LogP contribution in [0.15, 0.2) is 18.2 Å². The third-order valence-electron chi connectivity index (χ3n) is 2.83. The molecular formula is C13H16F3NO2. The molecule has 0 amide bonds. The molecule has 1 aromatic carbocycles. The Morgan fingerprint density at radius 2 is 1.84 bits per heavy atom. The molecule has 0 saturated heterocycles. The van der Waals surface area contributed by atoms with E-state index in [1.807, 2.05) is 13.8 Å². The van der Waals surface area contributed by atoms with E-state index in [9.17, 15) is 18.0 Å². The number of rotatable bonds is 3. The lowest BCUT2D eigenvalue weighted by molar-refractivity contribution is -0.137. The molecule has 0 spiro atoms. The SMILES string of the molecule is CC(C)C(C)OC(=O)c1cc(C(F)(F)F)ccc1N. The Balaban J connectivity index is 3.03. The molecule has 0 aliphatic rings. The molecule has 0 aliphatic heterocycles. The average molecular weight is 275 g/mol. The summed E-state index contributed by atoms with van der Waals surface area (Å²) in [5.74, 6) is -0.777. The van der Waals surface area contributed by atoms with E-state index < -0.39 is 23.8 Å². The van der Waals surface area contributed by atoms with Crippen molar-refractivity contribution in [3.8, 4) is 0 Å². The lowest BCUT2D eigenvalue weighted by Crippen LogP contribution is -2.21. The van der Waals surface area contributed by atoms with Crippen LogP contribution in [0.1, 0.15) is 36.7 Å². The van der Waals surface area contributed by atoms with E-state index in [1.54, 1.807) is 6.92 Å². The fourth-order valence-corrected chi connectivity index (χ4v) is 1.28. The minimum absolute atomic E-state index is 0.0334. The van der Waals surface area contributed by atoms with Gasteiger partial charge in [0.2, 0.25) is 0 Å². The number of nitrogen functional groups attached to an aromatic ring is 1. The Labute approximate surface area is 109 Å². The minimum Gasteiger partial charge on any atom is -0.459 e. The second-order valence-corrected chi connectivity index (χ2v) is 4.65. The van der Waals surface area contributed by atoms with Crippen molar-refractivity contribution in [2.45, 2.75) is 33.1 Å². The van der Waals surface area contributed by atoms with Gasteiger partial charge in [0.25, 0.3) is 0 Å². The number of halogens is 3. The number of ether oxygens (including phenoxy) is 1. The molecule has 0 saturated carbocycles. The van der Waals surface area contributed by atoms with E-state index in [0.717, 1.165) is 12.1 Å². The summed E-state index contributed by atoms with van der Waals surface area (Å²) in [6.07, 6.45) is -4.92. The summed E-state index contributed by atoms with van der Waals surface area (Å²) in [6.45, 7) is 5.35. The zero-order chi connectivity index (χ0) is 14.8. The number of nitrogens with two attached hydrogens (primary N) is 1. The van der Waals surface area contributed by atoms with Crippen LogP contribution >= 0.6 is 0 Å². The van der Waals surface area contributed by atoms with E-state index >= 15 is 0 Å². The van der Waals surface area contributed by atoms with E-state index in [2.05, 4.69) is 0 Å². The fraction of sp³-hybridized carbons (Fsp3) is 0.462. The van der Waals surface area contributed by atoms with E-state index in [4.69, 9.17) is 10.5 Å². The monoisotopic (exact) mass is 275 g/mol. The number of carbonyl (C=O) groups is 1. The predicted octanol–water partition coefficient (Wildman–Crippen LogP) is 3.49. The normalized spacial score (nSPS) is 13.4. The molecule has 1 atom stereocenters. The maximum Gasteiger partial charge on any atom is 0.416 e. The first-order valence-corrected chi connectivity index (χ1v) is 5.80. The van der Waals surface area contributed by atoms with Crippen molar-refractivity contribution in [3.63, 3.8) is 0 Å². The Bertz CT molecular complexity index is 469. The van der Waals surface area contributed by atoms with Crippen molar-refractivity contribution in [1.29, 1.82) is 0 Å². The number of alkyl halides is 3. The van der Waals surface area contributed by atoms with Crippen molar-refractivity contribution in [2.75, 3.05) is 5.73 Å². The average Bonchev–Trinajstić information content (AvgIpc) is 2.27. The molecule has 0 bridgehead atoms. The van der Waals surface area contributed by atoms with Crippen LogP contribution in [0, 0.1) is 5.92 Å². The molecule has 0 heterocycles. The molecule has 0 fully saturated rings. The van der Waals surface area contributed by atoms with Crippen molar-refractivity contribution in [1.82, 2.24) is 0 Å². The van der Waals surface area contributed by atoms with Crippen LogP contribution in [0.4, 0.5) is 18.9 Å². The summed E-state index contributed by atoms with van der Waals surface area (Å²) in [5.41, 5.74) is 4.30. The second kappa shape index (κ2) is 5.50. The third kappa shape index (κ3) is 3.87. The molecule has 2 N–H and O–H groups in total. The van der Waals surface area contributed by atoms with E-state index in [-0.39, 0.29) is 17.2 Å². The summed E-state index contributed by atoms with van der Waals surface area (Å²) in [7, 11) is 0. The van der Waals surface area contributed by atoms with Crippen LogP contribution in [-0.2, 0) is 10.9 Å². The molecule has 0 radical (unpaired) electrons. The molecular weight excluding hydrogens is 259 g/mol. The van der Waals surface area contributed by atoms with Crippen LogP contribution in [0.3, 0.4) is 0 Å². The highest BCUT2D eigenvalue weighted by atomic mass is 19.4. The summed E-state index contributed by atoms with van der Waals surface area (Å²) in [6, 6.07) is 2.60. The van der Waals surface area contributed by atoms with E-state index in [0.29, 0.717) is 6.07 Å². The molecule has 0 aromatic heterocycles. The quantitative estimate of drug-likeness (QED) is 0.678. The number of esters is 1. The second-order valence-electron chi connectivity index (χ2n) is 4.65. The van der Waals surface area contributed by atoms with Gasteiger partial charge in [-0.05, 0) is 31.0 Å². The Hall–Kier alpha value is -1.72. The van der Waals surface area contributed by atoms with Gasteiger partial charge in [0.05, 0.1) is 11.1 Å². The maximum absolute atomic E-state index is 12.6. The number of anilines is 1. The predicted molar refractivity (Wildman–Crippen MR) is 65.6 cm³/mol. The molecule has 3 nitrogen and oxygen atoms in total. The van der Waals surface area contributed by atoms with Gasteiger partial charge in [-0.25, -0.2) is 4.79 Å². The van der Waals surface area contributed by atoms with Gasteiger partial charge in [-0.2, -0.15) is 13.2 Å². The summed E-state index contributed by atoms with van der Waals surface area (Å²) in [5, 5.41) is 0. The lowest BCUT2D eigenvalue weighted by Gasteiger charge is -2.17. The minimum atomic E-state index is -4.52. The fourth-order valence-electron chi connectivity index (χ4n) is 1.28. The van der Waals surface area contributed by atoms with Gasteiger partial charge in [0.15, 0.2) is 0 Å². The first-order valence-electron chi connectivity index (χ1n) is 5.80. The van der Waals surface area contributed by atoms with Gasteiger partial charge < -0.3 is 10.5 Å². The maximum atomic E-state index is 12.6.